The Morgan fingerprint density at radius 2 is 2.24 bits per heavy atom. The molecule has 6 heteroatoms. The van der Waals surface area contributed by atoms with Crippen molar-refractivity contribution >= 4 is 21.7 Å². The van der Waals surface area contributed by atoms with E-state index < -0.39 is 0 Å². The summed E-state index contributed by atoms with van der Waals surface area (Å²) in [4.78, 5) is 12.2. The predicted molar refractivity (Wildman–Crippen MR) is 65.1 cm³/mol. The van der Waals surface area contributed by atoms with Crippen LogP contribution in [0, 0.1) is 0 Å². The van der Waals surface area contributed by atoms with E-state index in [1.807, 2.05) is 0 Å². The van der Waals surface area contributed by atoms with Crippen LogP contribution in [0.25, 0.3) is 0 Å². The molecule has 0 aliphatic heterocycles. The van der Waals surface area contributed by atoms with Crippen molar-refractivity contribution in [2.75, 3.05) is 7.11 Å². The fraction of sp³-hybridized carbons (Fsp3) is 0.182. The smallest absolute Gasteiger partial charge is 0.216 e. The van der Waals surface area contributed by atoms with Crippen molar-refractivity contribution in [2.24, 2.45) is 7.05 Å². The number of carbonyl (C=O) groups excluding carboxylic acids is 1. The number of ether oxygens (including phenoxy) is 1. The van der Waals surface area contributed by atoms with Gasteiger partial charge < -0.3 is 4.74 Å². The standard InChI is InChI=1S/C11H10BrN3O2/c1-15-9(6-13-14-15)11(16)8-4-3-7(12)5-10(8)17-2/h3-6H,1-2H3. The summed E-state index contributed by atoms with van der Waals surface area (Å²) in [7, 11) is 3.20. The Kier molecular flexibility index (Phi) is 3.23. The molecular formula is C11H10BrN3O2. The van der Waals surface area contributed by atoms with Gasteiger partial charge in [-0.3, -0.25) is 4.79 Å². The first kappa shape index (κ1) is 11.8. The summed E-state index contributed by atoms with van der Waals surface area (Å²) in [6.45, 7) is 0. The molecule has 1 aromatic heterocycles. The summed E-state index contributed by atoms with van der Waals surface area (Å²) < 4.78 is 7.47. The van der Waals surface area contributed by atoms with Gasteiger partial charge in [-0.05, 0) is 18.2 Å². The molecule has 0 unspecified atom stereocenters. The molecule has 0 saturated carbocycles. The number of hydrogen-bond donors (Lipinski definition) is 0. The fourth-order valence-corrected chi connectivity index (χ4v) is 1.83. The first-order valence-corrected chi connectivity index (χ1v) is 5.65. The average molecular weight is 296 g/mol. The van der Waals surface area contributed by atoms with Gasteiger partial charge in [0, 0.05) is 11.5 Å². The minimum absolute atomic E-state index is 0.165. The molecule has 0 aliphatic rings. The number of hydrogen-bond acceptors (Lipinski definition) is 4. The number of carbonyl (C=O) groups is 1. The van der Waals surface area contributed by atoms with E-state index in [1.54, 1.807) is 25.2 Å². The van der Waals surface area contributed by atoms with Crippen LogP contribution in [0.4, 0.5) is 0 Å². The number of aryl methyl sites for hydroxylation is 1. The van der Waals surface area contributed by atoms with E-state index in [1.165, 1.54) is 18.0 Å². The lowest BCUT2D eigenvalue weighted by Crippen LogP contribution is -2.09. The third-order valence-corrected chi connectivity index (χ3v) is 2.85. The number of halogens is 1. The van der Waals surface area contributed by atoms with Crippen LogP contribution in [0.2, 0.25) is 0 Å². The van der Waals surface area contributed by atoms with E-state index in [0.29, 0.717) is 17.0 Å². The minimum atomic E-state index is -0.165. The molecule has 0 saturated heterocycles. The van der Waals surface area contributed by atoms with Gasteiger partial charge in [-0.15, -0.1) is 5.10 Å². The van der Waals surface area contributed by atoms with Crippen molar-refractivity contribution in [3.63, 3.8) is 0 Å². The summed E-state index contributed by atoms with van der Waals surface area (Å²) in [5.41, 5.74) is 0.909. The van der Waals surface area contributed by atoms with Crippen LogP contribution in [0.5, 0.6) is 5.75 Å². The molecule has 0 aliphatic carbocycles. The van der Waals surface area contributed by atoms with Gasteiger partial charge in [0.05, 0.1) is 18.9 Å². The second-order valence-electron chi connectivity index (χ2n) is 3.42. The highest BCUT2D eigenvalue weighted by Gasteiger charge is 2.18. The van der Waals surface area contributed by atoms with E-state index >= 15 is 0 Å². The van der Waals surface area contributed by atoms with Crippen LogP contribution in [0.1, 0.15) is 16.1 Å². The monoisotopic (exact) mass is 295 g/mol. The second-order valence-corrected chi connectivity index (χ2v) is 4.33. The number of benzene rings is 1. The molecule has 88 valence electrons. The van der Waals surface area contributed by atoms with Crippen LogP contribution in [-0.4, -0.2) is 27.9 Å². The van der Waals surface area contributed by atoms with Crippen molar-refractivity contribution < 1.29 is 9.53 Å². The number of aromatic nitrogens is 3. The van der Waals surface area contributed by atoms with Crippen LogP contribution in [0.15, 0.2) is 28.9 Å². The highest BCUT2D eigenvalue weighted by atomic mass is 79.9. The van der Waals surface area contributed by atoms with Crippen molar-refractivity contribution in [3.8, 4) is 5.75 Å². The second kappa shape index (κ2) is 4.67. The van der Waals surface area contributed by atoms with E-state index in [2.05, 4.69) is 26.2 Å². The Hall–Kier alpha value is -1.69. The van der Waals surface area contributed by atoms with E-state index in [-0.39, 0.29) is 5.78 Å². The Balaban J connectivity index is 2.48. The van der Waals surface area contributed by atoms with Gasteiger partial charge >= 0.3 is 0 Å². The van der Waals surface area contributed by atoms with Crippen molar-refractivity contribution in [1.29, 1.82) is 0 Å². The molecule has 5 nitrogen and oxygen atoms in total. The average Bonchev–Trinajstić information content (AvgIpc) is 2.74. The molecule has 0 radical (unpaired) electrons. The third-order valence-electron chi connectivity index (χ3n) is 2.36. The molecule has 2 rings (SSSR count). The van der Waals surface area contributed by atoms with Crippen molar-refractivity contribution in [3.05, 3.63) is 40.1 Å². The zero-order valence-corrected chi connectivity index (χ0v) is 10.9. The highest BCUT2D eigenvalue weighted by molar-refractivity contribution is 9.10. The molecule has 1 heterocycles. The van der Waals surface area contributed by atoms with Gasteiger partial charge in [-0.25, -0.2) is 4.68 Å². The van der Waals surface area contributed by atoms with Crippen molar-refractivity contribution in [1.82, 2.24) is 15.0 Å². The topological polar surface area (TPSA) is 57.0 Å². The SMILES string of the molecule is COc1cc(Br)ccc1C(=O)c1cnnn1C. The summed E-state index contributed by atoms with van der Waals surface area (Å²) in [5, 5.41) is 7.42. The Labute approximate surface area is 107 Å². The van der Waals surface area contributed by atoms with Crippen LogP contribution in [-0.2, 0) is 7.05 Å². The number of nitrogens with zero attached hydrogens (tertiary/aromatic N) is 3. The number of methoxy groups -OCH3 is 1. The molecule has 0 amide bonds. The summed E-state index contributed by atoms with van der Waals surface area (Å²) >= 11 is 3.33. The summed E-state index contributed by atoms with van der Waals surface area (Å²) in [6, 6.07) is 5.24. The molecule has 17 heavy (non-hydrogen) atoms. The number of rotatable bonds is 3. The first-order chi connectivity index (χ1) is 8.13. The summed E-state index contributed by atoms with van der Waals surface area (Å²) in [6.07, 6.45) is 1.43. The minimum Gasteiger partial charge on any atom is -0.496 e. The maximum atomic E-state index is 12.2. The van der Waals surface area contributed by atoms with Gasteiger partial charge in [0.25, 0.3) is 0 Å². The Morgan fingerprint density at radius 3 is 2.82 bits per heavy atom. The fourth-order valence-electron chi connectivity index (χ4n) is 1.49. The van der Waals surface area contributed by atoms with Gasteiger partial charge in [-0.1, -0.05) is 21.1 Å². The molecular weight excluding hydrogens is 286 g/mol. The van der Waals surface area contributed by atoms with E-state index in [9.17, 15) is 4.79 Å². The van der Waals surface area contributed by atoms with Crippen molar-refractivity contribution in [2.45, 2.75) is 0 Å². The van der Waals surface area contributed by atoms with E-state index in [4.69, 9.17) is 4.74 Å². The van der Waals surface area contributed by atoms with Gasteiger partial charge in [0.15, 0.2) is 0 Å². The molecule has 0 fully saturated rings. The molecule has 0 bridgehead atoms. The number of ketones is 1. The Morgan fingerprint density at radius 1 is 1.47 bits per heavy atom. The van der Waals surface area contributed by atoms with Gasteiger partial charge in [0.2, 0.25) is 5.78 Å². The van der Waals surface area contributed by atoms with Crippen LogP contribution >= 0.6 is 15.9 Å². The zero-order valence-electron chi connectivity index (χ0n) is 9.35. The highest BCUT2D eigenvalue weighted by Crippen LogP contribution is 2.25. The lowest BCUT2D eigenvalue weighted by atomic mass is 10.1. The Bertz CT molecular complexity index is 566. The first-order valence-electron chi connectivity index (χ1n) is 4.86. The maximum Gasteiger partial charge on any atom is 0.216 e. The van der Waals surface area contributed by atoms with E-state index in [0.717, 1.165) is 4.47 Å². The van der Waals surface area contributed by atoms with Crippen LogP contribution in [0.3, 0.4) is 0 Å². The summed E-state index contributed by atoms with van der Waals surface area (Å²) in [5.74, 6) is 0.354. The third kappa shape index (κ3) is 2.21. The van der Waals surface area contributed by atoms with Crippen LogP contribution < -0.4 is 4.74 Å². The molecule has 0 spiro atoms. The maximum absolute atomic E-state index is 12.2. The predicted octanol–water partition coefficient (Wildman–Crippen LogP) is 1.82. The molecule has 2 aromatic rings. The molecule has 1 aromatic carbocycles. The van der Waals surface area contributed by atoms with Gasteiger partial charge in [0.1, 0.15) is 11.4 Å². The normalized spacial score (nSPS) is 10.3. The molecule has 0 N–H and O–H groups in total. The lowest BCUT2D eigenvalue weighted by Gasteiger charge is -2.07. The quantitative estimate of drug-likeness (QED) is 0.811. The lowest BCUT2D eigenvalue weighted by molar-refractivity contribution is 0.102. The molecule has 0 atom stereocenters. The largest absolute Gasteiger partial charge is 0.496 e. The zero-order chi connectivity index (χ0) is 12.4. The van der Waals surface area contributed by atoms with Gasteiger partial charge in [-0.2, -0.15) is 0 Å².